The van der Waals surface area contributed by atoms with Gasteiger partial charge in [0.1, 0.15) is 5.15 Å². The monoisotopic (exact) mass is 303 g/mol. The molecule has 1 heterocycles. The highest BCUT2D eigenvalue weighted by Crippen LogP contribution is 2.30. The Balaban J connectivity index is 1.56. The second-order valence-corrected chi connectivity index (χ2v) is 6.68. The molecule has 0 atom stereocenters. The van der Waals surface area contributed by atoms with Crippen molar-refractivity contribution in [2.24, 2.45) is 0 Å². The van der Waals surface area contributed by atoms with Gasteiger partial charge in [0.05, 0.1) is 0 Å². The van der Waals surface area contributed by atoms with Crippen molar-refractivity contribution >= 4 is 23.4 Å². The first kappa shape index (κ1) is 14.0. The second kappa shape index (κ2) is 6.64. The number of hydrogen-bond acceptors (Lipinski definition) is 2. The van der Waals surface area contributed by atoms with Crippen LogP contribution in [0.2, 0.25) is 5.15 Å². The summed E-state index contributed by atoms with van der Waals surface area (Å²) in [6, 6.07) is 10.6. The smallest absolute Gasteiger partial charge is 0.132 e. The van der Waals surface area contributed by atoms with Crippen LogP contribution in [0, 0.1) is 0 Å². The lowest BCUT2D eigenvalue weighted by atomic mass is 10.0. The first-order valence-corrected chi connectivity index (χ1v) is 8.54. The molecule has 104 valence electrons. The van der Waals surface area contributed by atoms with E-state index in [1.807, 2.05) is 18.0 Å². The Kier molecular flexibility index (Phi) is 4.64. The summed E-state index contributed by atoms with van der Waals surface area (Å²) < 4.78 is 0. The summed E-state index contributed by atoms with van der Waals surface area (Å²) >= 11 is 8.10. The Morgan fingerprint density at radius 3 is 2.75 bits per heavy atom. The van der Waals surface area contributed by atoms with Crippen molar-refractivity contribution in [1.82, 2.24) is 4.98 Å². The average molecular weight is 304 g/mol. The van der Waals surface area contributed by atoms with Gasteiger partial charge in [0, 0.05) is 11.1 Å². The van der Waals surface area contributed by atoms with Crippen molar-refractivity contribution in [3.05, 3.63) is 58.4 Å². The Hall–Kier alpha value is -0.990. The van der Waals surface area contributed by atoms with E-state index in [4.69, 9.17) is 11.6 Å². The topological polar surface area (TPSA) is 12.9 Å². The van der Waals surface area contributed by atoms with Crippen LogP contribution in [0.5, 0.6) is 0 Å². The zero-order valence-corrected chi connectivity index (χ0v) is 13.0. The number of benzene rings is 1. The first-order chi connectivity index (χ1) is 9.84. The molecule has 0 fully saturated rings. The molecule has 0 amide bonds. The summed E-state index contributed by atoms with van der Waals surface area (Å²) in [6.45, 7) is 0. The molecule has 0 radical (unpaired) electrons. The minimum Gasteiger partial charge on any atom is -0.244 e. The molecule has 0 N–H and O–H groups in total. The van der Waals surface area contributed by atoms with Crippen LogP contribution in [-0.2, 0) is 19.3 Å². The first-order valence-electron chi connectivity index (χ1n) is 7.17. The number of aryl methyl sites for hydroxylation is 1. The summed E-state index contributed by atoms with van der Waals surface area (Å²) in [4.78, 5) is 5.70. The van der Waals surface area contributed by atoms with Crippen molar-refractivity contribution < 1.29 is 0 Å². The molecule has 0 saturated heterocycles. The Morgan fingerprint density at radius 1 is 1.10 bits per heavy atom. The van der Waals surface area contributed by atoms with Gasteiger partial charge in [0.15, 0.2) is 0 Å². The van der Waals surface area contributed by atoms with Crippen LogP contribution in [0.15, 0.2) is 41.4 Å². The predicted octanol–water partition coefficient (Wildman–Crippen LogP) is 4.95. The largest absolute Gasteiger partial charge is 0.244 e. The molecule has 1 aromatic carbocycles. The lowest BCUT2D eigenvalue weighted by molar-refractivity contribution is 0.883. The minimum atomic E-state index is 0.722. The van der Waals surface area contributed by atoms with Gasteiger partial charge in [-0.05, 0) is 66.7 Å². The predicted molar refractivity (Wildman–Crippen MR) is 86.8 cm³/mol. The molecule has 3 heteroatoms. The summed E-state index contributed by atoms with van der Waals surface area (Å²) in [7, 11) is 0. The maximum Gasteiger partial charge on any atom is 0.132 e. The Labute approximate surface area is 129 Å². The van der Waals surface area contributed by atoms with Crippen LogP contribution in [0.3, 0.4) is 0 Å². The van der Waals surface area contributed by atoms with Gasteiger partial charge in [-0.1, -0.05) is 29.8 Å². The lowest BCUT2D eigenvalue weighted by Crippen LogP contribution is -1.98. The molecular weight excluding hydrogens is 286 g/mol. The number of thioether (sulfide) groups is 1. The number of rotatable bonds is 5. The Morgan fingerprint density at radius 2 is 1.90 bits per heavy atom. The van der Waals surface area contributed by atoms with E-state index < -0.39 is 0 Å². The molecule has 2 aromatic rings. The zero-order chi connectivity index (χ0) is 13.8. The van der Waals surface area contributed by atoms with E-state index in [1.165, 1.54) is 40.8 Å². The number of fused-ring (bicyclic) bond motifs is 1. The number of pyridine rings is 1. The molecule has 1 nitrogen and oxygen atoms in total. The van der Waals surface area contributed by atoms with Crippen molar-refractivity contribution in [3.63, 3.8) is 0 Å². The van der Waals surface area contributed by atoms with Gasteiger partial charge in [-0.3, -0.25) is 0 Å². The van der Waals surface area contributed by atoms with E-state index in [2.05, 4.69) is 35.3 Å². The summed E-state index contributed by atoms with van der Waals surface area (Å²) in [6.07, 6.45) is 7.81. The van der Waals surface area contributed by atoms with Crippen molar-refractivity contribution in [3.8, 4) is 0 Å². The molecule has 0 bridgehead atoms. The maximum atomic E-state index is 6.17. The van der Waals surface area contributed by atoms with Gasteiger partial charge in [-0.15, -0.1) is 11.8 Å². The van der Waals surface area contributed by atoms with Gasteiger partial charge in [-0.25, -0.2) is 4.98 Å². The number of hydrogen-bond donors (Lipinski definition) is 0. The van der Waals surface area contributed by atoms with Gasteiger partial charge in [0.25, 0.3) is 0 Å². The summed E-state index contributed by atoms with van der Waals surface area (Å²) in [5.74, 6) is 1.15. The average Bonchev–Trinajstić information content (AvgIpc) is 2.97. The summed E-state index contributed by atoms with van der Waals surface area (Å²) in [5.41, 5.74) is 4.20. The van der Waals surface area contributed by atoms with Gasteiger partial charge >= 0.3 is 0 Å². The van der Waals surface area contributed by atoms with Crippen LogP contribution < -0.4 is 0 Å². The van der Waals surface area contributed by atoms with Crippen LogP contribution in [0.25, 0.3) is 0 Å². The molecule has 0 saturated carbocycles. The van der Waals surface area contributed by atoms with Crippen LogP contribution in [-0.4, -0.2) is 10.7 Å². The molecule has 0 spiro atoms. The van der Waals surface area contributed by atoms with E-state index in [0.717, 1.165) is 23.7 Å². The van der Waals surface area contributed by atoms with Gasteiger partial charge < -0.3 is 0 Å². The third-order valence-electron chi connectivity index (χ3n) is 3.79. The number of halogens is 1. The molecule has 1 aliphatic carbocycles. The molecule has 1 aromatic heterocycles. The highest BCUT2D eigenvalue weighted by molar-refractivity contribution is 7.99. The standard InChI is InChI=1S/C17H18ClNS/c18-17-16-10-4-9-15(16)13(12-19-17)6-5-11-20-14-7-2-1-3-8-14/h1-3,7-8,12H,4-6,9-11H2. The maximum absolute atomic E-state index is 6.17. The molecule has 0 unspecified atom stereocenters. The van der Waals surface area contributed by atoms with E-state index in [0.29, 0.717) is 0 Å². The van der Waals surface area contributed by atoms with Crippen molar-refractivity contribution in [1.29, 1.82) is 0 Å². The minimum absolute atomic E-state index is 0.722. The highest BCUT2D eigenvalue weighted by atomic mass is 35.5. The van der Waals surface area contributed by atoms with Gasteiger partial charge in [-0.2, -0.15) is 0 Å². The fraction of sp³-hybridized carbons (Fsp3) is 0.353. The Bertz CT molecular complexity index is 583. The van der Waals surface area contributed by atoms with Crippen molar-refractivity contribution in [2.75, 3.05) is 5.75 Å². The molecule has 20 heavy (non-hydrogen) atoms. The zero-order valence-electron chi connectivity index (χ0n) is 11.4. The number of aromatic nitrogens is 1. The van der Waals surface area contributed by atoms with Gasteiger partial charge in [0.2, 0.25) is 0 Å². The molecule has 0 aliphatic heterocycles. The second-order valence-electron chi connectivity index (χ2n) is 5.15. The molecular formula is C17H18ClNS. The quantitative estimate of drug-likeness (QED) is 0.440. The van der Waals surface area contributed by atoms with E-state index >= 15 is 0 Å². The third kappa shape index (κ3) is 3.18. The van der Waals surface area contributed by atoms with Crippen LogP contribution in [0.1, 0.15) is 29.5 Å². The van der Waals surface area contributed by atoms with E-state index in [1.54, 1.807) is 0 Å². The van der Waals surface area contributed by atoms with Crippen LogP contribution >= 0.6 is 23.4 Å². The third-order valence-corrected chi connectivity index (χ3v) is 5.21. The lowest BCUT2D eigenvalue weighted by Gasteiger charge is -2.09. The highest BCUT2D eigenvalue weighted by Gasteiger charge is 2.18. The fourth-order valence-electron chi connectivity index (χ4n) is 2.80. The van der Waals surface area contributed by atoms with Crippen LogP contribution in [0.4, 0.5) is 0 Å². The fourth-order valence-corrected chi connectivity index (χ4v) is 3.93. The van der Waals surface area contributed by atoms with E-state index in [9.17, 15) is 0 Å². The normalized spacial score (nSPS) is 13.4. The SMILES string of the molecule is Clc1ncc(CCCSc2ccccc2)c2c1CCC2. The van der Waals surface area contributed by atoms with E-state index in [-0.39, 0.29) is 0 Å². The van der Waals surface area contributed by atoms with Crippen molar-refractivity contribution in [2.45, 2.75) is 37.0 Å². The molecule has 1 aliphatic rings. The molecule has 3 rings (SSSR count). The number of nitrogens with zero attached hydrogens (tertiary/aromatic N) is 1. The summed E-state index contributed by atoms with van der Waals surface area (Å²) in [5, 5.41) is 0.722.